The molecular weight excluding hydrogens is 422 g/mol. The fraction of sp³-hybridized carbons (Fsp3) is 0.0800. The number of thiocarbonyl (C=S) groups is 1. The summed E-state index contributed by atoms with van der Waals surface area (Å²) in [4.78, 5) is 17.6. The molecule has 1 aliphatic heterocycles. The van der Waals surface area contributed by atoms with Crippen LogP contribution in [0.5, 0.6) is 0 Å². The summed E-state index contributed by atoms with van der Waals surface area (Å²) in [6.45, 7) is 0. The highest BCUT2D eigenvalue weighted by Crippen LogP contribution is 2.43. The van der Waals surface area contributed by atoms with Gasteiger partial charge in [-0.15, -0.1) is 11.8 Å². The van der Waals surface area contributed by atoms with Crippen LogP contribution >= 0.6 is 24.0 Å². The number of hydrogen-bond donors (Lipinski definition) is 1. The molecule has 1 atom stereocenters. The lowest BCUT2D eigenvalue weighted by Gasteiger charge is -2.12. The number of carbonyl (C=O) groups is 1. The average molecular weight is 442 g/mol. The first-order valence-electron chi connectivity index (χ1n) is 9.93. The van der Waals surface area contributed by atoms with Gasteiger partial charge in [-0.2, -0.15) is 0 Å². The van der Waals surface area contributed by atoms with E-state index in [1.807, 2.05) is 78.6 Å². The van der Waals surface area contributed by atoms with Gasteiger partial charge in [-0.05, 0) is 18.2 Å². The first-order valence-corrected chi connectivity index (χ1v) is 11.4. The average Bonchev–Trinajstić information content (AvgIpc) is 3.43. The maximum absolute atomic E-state index is 12.8. The fourth-order valence-corrected chi connectivity index (χ4v) is 5.28. The number of nitrogens with zero attached hydrogens (tertiary/aromatic N) is 2. The summed E-state index contributed by atoms with van der Waals surface area (Å²) < 4.78 is 2.27. The molecule has 0 saturated carbocycles. The zero-order valence-corrected chi connectivity index (χ0v) is 18.2. The quantitative estimate of drug-likeness (QED) is 0.318. The molecule has 0 radical (unpaired) electrons. The predicted molar refractivity (Wildman–Crippen MR) is 130 cm³/mol. The molecule has 1 unspecified atom stereocenters. The molecule has 6 heteroatoms. The minimum absolute atomic E-state index is 0.00859. The van der Waals surface area contributed by atoms with Crippen molar-refractivity contribution in [2.75, 3.05) is 5.32 Å². The van der Waals surface area contributed by atoms with Gasteiger partial charge in [0.2, 0.25) is 0 Å². The molecule has 4 aromatic rings. The number of carbonyl (C=O) groups excluding carboxylic acids is 1. The summed E-state index contributed by atoms with van der Waals surface area (Å²) in [6, 6.07) is 22.9. The fourth-order valence-electron chi connectivity index (χ4n) is 3.74. The van der Waals surface area contributed by atoms with Crippen LogP contribution < -0.4 is 5.32 Å². The highest BCUT2D eigenvalue weighted by atomic mass is 32.2. The zero-order chi connectivity index (χ0) is 21.2. The lowest BCUT2D eigenvalue weighted by molar-refractivity contribution is 0.103. The number of thioether (sulfide) groups is 1. The van der Waals surface area contributed by atoms with Crippen LogP contribution in [0.2, 0.25) is 0 Å². The number of fused-ring (bicyclic) bond motifs is 1. The number of ketones is 1. The third-order valence-corrected chi connectivity index (χ3v) is 6.89. The number of benzene rings is 2. The van der Waals surface area contributed by atoms with Crippen LogP contribution in [0.3, 0.4) is 0 Å². The summed E-state index contributed by atoms with van der Waals surface area (Å²) in [5, 5.41) is 3.61. The highest BCUT2D eigenvalue weighted by Gasteiger charge is 2.26. The van der Waals surface area contributed by atoms with Gasteiger partial charge in [0.1, 0.15) is 10.4 Å². The van der Waals surface area contributed by atoms with E-state index in [1.54, 1.807) is 6.20 Å². The monoisotopic (exact) mass is 441 g/mol. The Morgan fingerprint density at radius 1 is 1.00 bits per heavy atom. The second-order valence-electron chi connectivity index (χ2n) is 7.26. The molecule has 3 heterocycles. The van der Waals surface area contributed by atoms with Crippen LogP contribution in [0.25, 0.3) is 0 Å². The molecule has 2 aromatic heterocycles. The molecular formula is C25H19N3OS2. The second kappa shape index (κ2) is 8.49. The topological polar surface area (TPSA) is 46.9 Å². The molecule has 0 spiro atoms. The summed E-state index contributed by atoms with van der Waals surface area (Å²) in [6.07, 6.45) is 5.80. The van der Waals surface area contributed by atoms with Crippen molar-refractivity contribution in [2.24, 2.45) is 0 Å². The van der Waals surface area contributed by atoms with Crippen molar-refractivity contribution < 1.29 is 4.79 Å². The van der Waals surface area contributed by atoms with E-state index in [0.29, 0.717) is 16.1 Å². The summed E-state index contributed by atoms with van der Waals surface area (Å²) in [7, 11) is 0. The van der Waals surface area contributed by atoms with Crippen LogP contribution in [0.4, 0.5) is 5.69 Å². The van der Waals surface area contributed by atoms with E-state index < -0.39 is 0 Å². The molecule has 152 valence electrons. The zero-order valence-electron chi connectivity index (χ0n) is 16.6. The smallest absolute Gasteiger partial charge is 0.193 e. The summed E-state index contributed by atoms with van der Waals surface area (Å²) in [5.74, 6) is 0.884. The lowest BCUT2D eigenvalue weighted by atomic mass is 10.0. The van der Waals surface area contributed by atoms with Crippen LogP contribution in [-0.2, 0) is 5.75 Å². The summed E-state index contributed by atoms with van der Waals surface area (Å²) in [5.41, 5.74) is 5.51. The number of pyridine rings is 1. The number of anilines is 1. The van der Waals surface area contributed by atoms with Crippen molar-refractivity contribution >= 4 is 40.4 Å². The minimum atomic E-state index is -0.00859. The Morgan fingerprint density at radius 3 is 2.61 bits per heavy atom. The molecule has 0 bridgehead atoms. The molecule has 5 rings (SSSR count). The third-order valence-electron chi connectivity index (χ3n) is 5.30. The molecule has 0 saturated heterocycles. The Balaban J connectivity index is 1.36. The minimum Gasteiger partial charge on any atom is -0.345 e. The second-order valence-corrected chi connectivity index (χ2v) is 8.74. The van der Waals surface area contributed by atoms with Gasteiger partial charge < -0.3 is 9.88 Å². The van der Waals surface area contributed by atoms with Crippen molar-refractivity contribution in [1.29, 1.82) is 0 Å². The Labute approximate surface area is 190 Å². The van der Waals surface area contributed by atoms with Crippen LogP contribution in [0.1, 0.15) is 38.1 Å². The van der Waals surface area contributed by atoms with Crippen molar-refractivity contribution in [3.05, 3.63) is 119 Å². The highest BCUT2D eigenvalue weighted by molar-refractivity contribution is 7.99. The van der Waals surface area contributed by atoms with Gasteiger partial charge in [0.05, 0.1) is 11.4 Å². The van der Waals surface area contributed by atoms with E-state index in [2.05, 4.69) is 33.2 Å². The lowest BCUT2D eigenvalue weighted by Crippen LogP contribution is -2.12. The largest absolute Gasteiger partial charge is 0.345 e. The van der Waals surface area contributed by atoms with Crippen molar-refractivity contribution in [2.45, 2.75) is 11.1 Å². The van der Waals surface area contributed by atoms with E-state index in [1.165, 1.54) is 11.3 Å². The molecule has 4 nitrogen and oxygen atoms in total. The van der Waals surface area contributed by atoms with Gasteiger partial charge in [0.25, 0.3) is 0 Å². The third kappa shape index (κ3) is 3.92. The maximum Gasteiger partial charge on any atom is 0.193 e. The van der Waals surface area contributed by atoms with Gasteiger partial charge in [0, 0.05) is 46.6 Å². The molecule has 0 fully saturated rings. The molecule has 1 N–H and O–H groups in total. The number of rotatable bonds is 5. The van der Waals surface area contributed by atoms with Gasteiger partial charge in [-0.3, -0.25) is 9.78 Å². The van der Waals surface area contributed by atoms with Crippen LogP contribution in [0.15, 0.2) is 91.4 Å². The number of aromatic nitrogens is 2. The number of hydrogen-bond acceptors (Lipinski definition) is 4. The van der Waals surface area contributed by atoms with Gasteiger partial charge in [-0.25, -0.2) is 0 Å². The normalized spacial score (nSPS) is 14.8. The Morgan fingerprint density at radius 2 is 1.81 bits per heavy atom. The first kappa shape index (κ1) is 19.7. The molecule has 0 amide bonds. The summed E-state index contributed by atoms with van der Waals surface area (Å²) >= 11 is 7.54. The van der Waals surface area contributed by atoms with Crippen LogP contribution in [0, 0.1) is 0 Å². The standard InChI is InChI=1S/C25H19N3OS2/c29-23(17-6-2-1-3-7-17)18-8-4-9-19(14-18)24(30)27-21-11-13-28-22(21)16-31-25(28)20-10-5-12-26-15-20/h1-15,25H,16H2,(H,27,30). The SMILES string of the molecule is O=C(c1ccccc1)c1cccc(C(=S)Nc2ccn3c2CSC3c2cccnc2)c1. The maximum atomic E-state index is 12.8. The van der Waals surface area contributed by atoms with Gasteiger partial charge in [-0.1, -0.05) is 66.8 Å². The van der Waals surface area contributed by atoms with Crippen LogP contribution in [-0.4, -0.2) is 20.3 Å². The molecule has 2 aromatic carbocycles. The van der Waals surface area contributed by atoms with E-state index >= 15 is 0 Å². The van der Waals surface area contributed by atoms with Crippen molar-refractivity contribution in [3.63, 3.8) is 0 Å². The number of nitrogens with one attached hydrogen (secondary N) is 1. The Kier molecular flexibility index (Phi) is 5.40. The predicted octanol–water partition coefficient (Wildman–Crippen LogP) is 5.70. The first-order chi connectivity index (χ1) is 15.2. The van der Waals surface area contributed by atoms with Crippen molar-refractivity contribution in [3.8, 4) is 0 Å². The van der Waals surface area contributed by atoms with Crippen molar-refractivity contribution in [1.82, 2.24) is 9.55 Å². The molecule has 1 aliphatic rings. The van der Waals surface area contributed by atoms with E-state index in [0.717, 1.165) is 17.0 Å². The van der Waals surface area contributed by atoms with E-state index in [9.17, 15) is 4.79 Å². The van der Waals surface area contributed by atoms with Gasteiger partial charge >= 0.3 is 0 Å². The van der Waals surface area contributed by atoms with E-state index in [-0.39, 0.29) is 11.2 Å². The Bertz CT molecular complexity index is 1250. The molecule has 0 aliphatic carbocycles. The Hall–Kier alpha value is -3.22. The van der Waals surface area contributed by atoms with E-state index in [4.69, 9.17) is 12.2 Å². The molecule has 31 heavy (non-hydrogen) atoms. The van der Waals surface area contributed by atoms with Gasteiger partial charge in [0.15, 0.2) is 5.78 Å².